The van der Waals surface area contributed by atoms with Crippen molar-refractivity contribution in [3.63, 3.8) is 0 Å². The number of anilines is 1. The summed E-state index contributed by atoms with van der Waals surface area (Å²) in [5.74, 6) is -2.41. The molecule has 2 aliphatic rings. The van der Waals surface area contributed by atoms with Gasteiger partial charge in [0.15, 0.2) is 0 Å². The summed E-state index contributed by atoms with van der Waals surface area (Å²) in [5, 5.41) is 41.5. The Balaban J connectivity index is 1.13. The number of carbonyl (C=O) groups is 1. The molecule has 0 aliphatic carbocycles. The van der Waals surface area contributed by atoms with Crippen LogP contribution < -0.4 is 10.1 Å². The number of fused-ring (bicyclic) bond motifs is 1. The van der Waals surface area contributed by atoms with Gasteiger partial charge in [-0.05, 0) is 68.8 Å². The van der Waals surface area contributed by atoms with E-state index < -0.39 is 11.9 Å². The Kier molecular flexibility index (Phi) is 8.32. The molecule has 0 radical (unpaired) electrons. The van der Waals surface area contributed by atoms with Crippen molar-refractivity contribution in [1.29, 1.82) is 5.41 Å². The maximum atomic E-state index is 11.6. The molecule has 1 unspecified atom stereocenters. The number of aliphatic hydroxyl groups is 2. The Morgan fingerprint density at radius 2 is 1.93 bits per heavy atom. The Bertz CT molecular complexity index is 1680. The van der Waals surface area contributed by atoms with Gasteiger partial charge in [0.1, 0.15) is 5.82 Å². The molecule has 4 heterocycles. The number of pyridine rings is 1. The summed E-state index contributed by atoms with van der Waals surface area (Å²) in [4.78, 5) is 23.4. The predicted molar refractivity (Wildman–Crippen MR) is 163 cm³/mol. The first-order valence-electron chi connectivity index (χ1n) is 14.7. The Labute approximate surface area is 254 Å². The summed E-state index contributed by atoms with van der Waals surface area (Å²) >= 11 is 0. The number of nitrogens with zero attached hydrogens (tertiary/aromatic N) is 4. The van der Waals surface area contributed by atoms with Gasteiger partial charge in [0.25, 0.3) is 0 Å². The molecule has 230 valence electrons. The minimum absolute atomic E-state index is 0.102. The van der Waals surface area contributed by atoms with Crippen molar-refractivity contribution in [2.75, 3.05) is 32.1 Å². The van der Waals surface area contributed by atoms with E-state index in [2.05, 4.69) is 19.8 Å². The second-order valence-electron chi connectivity index (χ2n) is 11.3. The Hall–Kier alpha value is -4.36. The van der Waals surface area contributed by atoms with Gasteiger partial charge >= 0.3 is 11.9 Å². The fourth-order valence-corrected chi connectivity index (χ4v) is 5.87. The number of imidazole rings is 1. The van der Waals surface area contributed by atoms with Crippen LogP contribution in [0.2, 0.25) is 0 Å². The summed E-state index contributed by atoms with van der Waals surface area (Å²) in [5.41, 5.74) is 3.93. The standard InChI is InChI=1S/C32H36N6O6/c1-34-27-16-23(7-5-22(27)17-33)32(41,42)44-30-4-2-3-25(36-30)20-9-12-37(13-10-20)19-29-35-26-8-6-21(31(39)40)15-28(26)38(29)18-24-11-14-43-24/h2-8,15-17,20,24,33-34,41-42H,9-14,18-19H2,1H3,(H,39,40). The van der Waals surface area contributed by atoms with E-state index in [0.717, 1.165) is 61.5 Å². The molecule has 1 atom stereocenters. The van der Waals surface area contributed by atoms with Crippen LogP contribution in [0.15, 0.2) is 54.6 Å². The molecule has 2 aromatic carbocycles. The molecule has 2 aromatic heterocycles. The second-order valence-corrected chi connectivity index (χ2v) is 11.3. The van der Waals surface area contributed by atoms with Gasteiger partial charge in [-0.15, -0.1) is 0 Å². The van der Waals surface area contributed by atoms with Crippen LogP contribution in [0, 0.1) is 5.41 Å². The van der Waals surface area contributed by atoms with Crippen molar-refractivity contribution < 1.29 is 29.6 Å². The van der Waals surface area contributed by atoms with E-state index in [1.807, 2.05) is 6.07 Å². The number of piperidine rings is 1. The molecular weight excluding hydrogens is 564 g/mol. The van der Waals surface area contributed by atoms with Crippen LogP contribution in [0.25, 0.3) is 11.0 Å². The summed E-state index contributed by atoms with van der Waals surface area (Å²) in [6.07, 6.45) is 3.97. The van der Waals surface area contributed by atoms with E-state index in [4.69, 9.17) is 19.9 Å². The van der Waals surface area contributed by atoms with Crippen LogP contribution >= 0.6 is 0 Å². The highest BCUT2D eigenvalue weighted by molar-refractivity contribution is 5.92. The molecule has 0 bridgehead atoms. The number of benzene rings is 2. The average Bonchev–Trinajstić information content (AvgIpc) is 3.34. The zero-order valence-corrected chi connectivity index (χ0v) is 24.4. The summed E-state index contributed by atoms with van der Waals surface area (Å²) in [6.45, 7) is 3.65. The van der Waals surface area contributed by atoms with Crippen LogP contribution in [-0.2, 0) is 23.8 Å². The lowest BCUT2D eigenvalue weighted by Gasteiger charge is -2.32. The third kappa shape index (κ3) is 6.15. The maximum Gasteiger partial charge on any atom is 0.352 e. The molecule has 5 N–H and O–H groups in total. The zero-order chi connectivity index (χ0) is 30.8. The molecule has 0 spiro atoms. The number of carboxylic acid groups (broad SMARTS) is 1. The fourth-order valence-electron chi connectivity index (χ4n) is 5.87. The molecule has 0 saturated carbocycles. The average molecular weight is 601 g/mol. The van der Waals surface area contributed by atoms with E-state index in [9.17, 15) is 20.1 Å². The third-order valence-electron chi connectivity index (χ3n) is 8.47. The van der Waals surface area contributed by atoms with Crippen molar-refractivity contribution >= 4 is 28.9 Å². The maximum absolute atomic E-state index is 11.6. The highest BCUT2D eigenvalue weighted by atomic mass is 16.8. The normalized spacial score (nSPS) is 17.8. The third-order valence-corrected chi connectivity index (χ3v) is 8.47. The predicted octanol–water partition coefficient (Wildman–Crippen LogP) is 3.51. The first-order chi connectivity index (χ1) is 21.2. The number of likely N-dealkylation sites (tertiary alicyclic amines) is 1. The fraction of sp³-hybridized carbons (Fsp3) is 0.375. The van der Waals surface area contributed by atoms with Gasteiger partial charge in [-0.3, -0.25) is 4.90 Å². The minimum atomic E-state index is -2.61. The molecule has 2 saturated heterocycles. The van der Waals surface area contributed by atoms with Gasteiger partial charge in [0.05, 0.1) is 41.4 Å². The number of aromatic nitrogens is 3. The van der Waals surface area contributed by atoms with Gasteiger partial charge in [-0.1, -0.05) is 12.1 Å². The largest absolute Gasteiger partial charge is 0.478 e. The molecule has 4 aromatic rings. The first kappa shape index (κ1) is 29.7. The second kappa shape index (κ2) is 12.3. The van der Waals surface area contributed by atoms with Crippen LogP contribution in [0.1, 0.15) is 58.2 Å². The summed E-state index contributed by atoms with van der Waals surface area (Å²) in [6, 6.07) is 15.0. The highest BCUT2D eigenvalue weighted by Gasteiger charge is 2.31. The summed E-state index contributed by atoms with van der Waals surface area (Å²) < 4.78 is 13.3. The molecule has 12 heteroatoms. The quantitative estimate of drug-likeness (QED) is 0.127. The van der Waals surface area contributed by atoms with Gasteiger partial charge in [0, 0.05) is 48.8 Å². The van der Waals surface area contributed by atoms with Crippen molar-refractivity contribution in [2.45, 2.75) is 50.3 Å². The Morgan fingerprint density at radius 3 is 2.61 bits per heavy atom. The lowest BCUT2D eigenvalue weighted by Crippen LogP contribution is -2.35. The molecule has 44 heavy (non-hydrogen) atoms. The van der Waals surface area contributed by atoms with E-state index in [-0.39, 0.29) is 29.0 Å². The van der Waals surface area contributed by atoms with Gasteiger partial charge in [-0.2, -0.15) is 0 Å². The van der Waals surface area contributed by atoms with Gasteiger partial charge in [-0.25, -0.2) is 14.8 Å². The van der Waals surface area contributed by atoms with Crippen molar-refractivity contribution in [1.82, 2.24) is 19.4 Å². The number of ether oxygens (including phenoxy) is 2. The number of aromatic carboxylic acids is 1. The number of nitrogens with one attached hydrogen (secondary N) is 2. The smallest absolute Gasteiger partial charge is 0.352 e. The van der Waals surface area contributed by atoms with Crippen LogP contribution in [0.5, 0.6) is 5.88 Å². The van der Waals surface area contributed by atoms with E-state index in [0.29, 0.717) is 24.3 Å². The van der Waals surface area contributed by atoms with Crippen molar-refractivity contribution in [2.24, 2.45) is 0 Å². The van der Waals surface area contributed by atoms with E-state index in [1.165, 1.54) is 18.3 Å². The number of rotatable bonds is 11. The van der Waals surface area contributed by atoms with Crippen molar-refractivity contribution in [3.8, 4) is 5.88 Å². The topological polar surface area (TPSA) is 166 Å². The molecule has 12 nitrogen and oxygen atoms in total. The Morgan fingerprint density at radius 1 is 1.14 bits per heavy atom. The van der Waals surface area contributed by atoms with Crippen LogP contribution in [0.4, 0.5) is 5.69 Å². The molecule has 0 amide bonds. The van der Waals surface area contributed by atoms with Gasteiger partial charge < -0.3 is 40.1 Å². The zero-order valence-electron chi connectivity index (χ0n) is 24.4. The van der Waals surface area contributed by atoms with E-state index >= 15 is 0 Å². The summed E-state index contributed by atoms with van der Waals surface area (Å²) in [7, 11) is 1.69. The minimum Gasteiger partial charge on any atom is -0.478 e. The lowest BCUT2D eigenvalue weighted by atomic mass is 9.93. The number of hydrogen-bond acceptors (Lipinski definition) is 10. The molecule has 2 fully saturated rings. The first-order valence-corrected chi connectivity index (χ1v) is 14.7. The molecular formula is C32H36N6O6. The monoisotopic (exact) mass is 600 g/mol. The van der Waals surface area contributed by atoms with E-state index in [1.54, 1.807) is 43.4 Å². The highest BCUT2D eigenvalue weighted by Crippen LogP contribution is 2.31. The molecule has 6 rings (SSSR count). The lowest BCUT2D eigenvalue weighted by molar-refractivity contribution is -0.305. The SMILES string of the molecule is CNc1cc(C(O)(O)Oc2cccc(C3CCN(Cc4nc5ccc(C(=O)O)cc5n4CC4CCO4)CC3)n2)ccc1C=N. The number of carboxylic acids is 1. The number of hydrogen-bond donors (Lipinski definition) is 5. The van der Waals surface area contributed by atoms with Crippen molar-refractivity contribution in [3.05, 3.63) is 82.8 Å². The molecule has 2 aliphatic heterocycles. The van der Waals surface area contributed by atoms with Gasteiger partial charge in [0.2, 0.25) is 5.88 Å². The van der Waals surface area contributed by atoms with Crippen LogP contribution in [0.3, 0.4) is 0 Å². The van der Waals surface area contributed by atoms with Crippen LogP contribution in [-0.4, -0.2) is 79.8 Å².